The van der Waals surface area contributed by atoms with Crippen molar-refractivity contribution in [3.05, 3.63) is 42.2 Å². The Balaban J connectivity index is 2.24. The molecule has 2 rings (SSSR count). The molecule has 0 radical (unpaired) electrons. The lowest BCUT2D eigenvalue weighted by atomic mass is 10.2. The van der Waals surface area contributed by atoms with Gasteiger partial charge < -0.3 is 14.5 Å². The molecule has 0 saturated carbocycles. The summed E-state index contributed by atoms with van der Waals surface area (Å²) in [5, 5.41) is 3.15. The predicted octanol–water partition coefficient (Wildman–Crippen LogP) is 3.24. The maximum Gasteiger partial charge on any atom is 0.134 e. The topological polar surface area (TPSA) is 34.4 Å². The third kappa shape index (κ3) is 2.50. The lowest BCUT2D eigenvalue weighted by Gasteiger charge is -2.05. The van der Waals surface area contributed by atoms with Crippen molar-refractivity contribution in [1.82, 2.24) is 5.32 Å². The van der Waals surface area contributed by atoms with E-state index in [2.05, 4.69) is 12.2 Å². The van der Waals surface area contributed by atoms with Gasteiger partial charge in [-0.2, -0.15) is 0 Å². The number of hydrogen-bond donors (Lipinski definition) is 1. The van der Waals surface area contributed by atoms with E-state index in [1.807, 2.05) is 43.4 Å². The van der Waals surface area contributed by atoms with Gasteiger partial charge in [0.25, 0.3) is 0 Å². The number of hydrogen-bond acceptors (Lipinski definition) is 3. The number of benzene rings is 1. The van der Waals surface area contributed by atoms with Gasteiger partial charge in [-0.05, 0) is 50.4 Å². The van der Waals surface area contributed by atoms with E-state index in [1.54, 1.807) is 7.11 Å². The summed E-state index contributed by atoms with van der Waals surface area (Å²) in [6.45, 7) is 2.07. The zero-order chi connectivity index (χ0) is 12.3. The van der Waals surface area contributed by atoms with Crippen molar-refractivity contribution in [1.29, 1.82) is 0 Å². The van der Waals surface area contributed by atoms with Crippen LogP contribution in [0.25, 0.3) is 11.3 Å². The first-order valence-electron chi connectivity index (χ1n) is 5.66. The number of rotatable bonds is 4. The van der Waals surface area contributed by atoms with Gasteiger partial charge in [-0.25, -0.2) is 0 Å². The van der Waals surface area contributed by atoms with Crippen LogP contribution >= 0.6 is 0 Å². The van der Waals surface area contributed by atoms with Crippen LogP contribution in [0.1, 0.15) is 18.7 Å². The molecule has 90 valence electrons. The summed E-state index contributed by atoms with van der Waals surface area (Å²) in [5.74, 6) is 2.67. The molecule has 0 amide bonds. The first-order valence-corrected chi connectivity index (χ1v) is 5.66. The highest BCUT2D eigenvalue weighted by molar-refractivity contribution is 5.58. The van der Waals surface area contributed by atoms with Gasteiger partial charge in [0.15, 0.2) is 0 Å². The molecule has 1 aromatic carbocycles. The van der Waals surface area contributed by atoms with Crippen LogP contribution < -0.4 is 10.1 Å². The van der Waals surface area contributed by atoms with E-state index in [0.717, 1.165) is 22.8 Å². The average Bonchev–Trinajstić information content (AvgIpc) is 2.87. The Morgan fingerprint density at radius 1 is 1.12 bits per heavy atom. The van der Waals surface area contributed by atoms with Crippen molar-refractivity contribution in [2.24, 2.45) is 0 Å². The van der Waals surface area contributed by atoms with Crippen LogP contribution in [-0.4, -0.2) is 14.2 Å². The van der Waals surface area contributed by atoms with Crippen LogP contribution in [0.3, 0.4) is 0 Å². The van der Waals surface area contributed by atoms with E-state index < -0.39 is 0 Å². The molecular weight excluding hydrogens is 214 g/mol. The molecular formula is C14H17NO2. The zero-order valence-electron chi connectivity index (χ0n) is 10.4. The number of ether oxygens (including phenoxy) is 1. The predicted molar refractivity (Wildman–Crippen MR) is 68.2 cm³/mol. The van der Waals surface area contributed by atoms with Crippen molar-refractivity contribution >= 4 is 0 Å². The van der Waals surface area contributed by atoms with Crippen molar-refractivity contribution in [3.63, 3.8) is 0 Å². The molecule has 3 nitrogen and oxygen atoms in total. The maximum absolute atomic E-state index is 5.79. The van der Waals surface area contributed by atoms with Crippen LogP contribution in [-0.2, 0) is 0 Å². The SMILES string of the molecule is CNC(C)c1ccc(-c2ccc(OC)cc2)o1. The Labute approximate surface area is 101 Å². The van der Waals surface area contributed by atoms with E-state index in [1.165, 1.54) is 0 Å². The molecule has 1 heterocycles. The van der Waals surface area contributed by atoms with Gasteiger partial charge in [0.05, 0.1) is 13.2 Å². The lowest BCUT2D eigenvalue weighted by Crippen LogP contribution is -2.10. The molecule has 1 unspecified atom stereocenters. The molecule has 3 heteroatoms. The smallest absolute Gasteiger partial charge is 0.134 e. The average molecular weight is 231 g/mol. The van der Waals surface area contributed by atoms with E-state index >= 15 is 0 Å². The quantitative estimate of drug-likeness (QED) is 0.877. The Hall–Kier alpha value is -1.74. The van der Waals surface area contributed by atoms with E-state index in [-0.39, 0.29) is 6.04 Å². The molecule has 0 fully saturated rings. The van der Waals surface area contributed by atoms with E-state index in [0.29, 0.717) is 0 Å². The second-order valence-electron chi connectivity index (χ2n) is 3.94. The normalized spacial score (nSPS) is 12.4. The number of furan rings is 1. The van der Waals surface area contributed by atoms with Gasteiger partial charge in [0.1, 0.15) is 17.3 Å². The molecule has 0 aliphatic carbocycles. The van der Waals surface area contributed by atoms with Crippen LogP contribution in [0.5, 0.6) is 5.75 Å². The van der Waals surface area contributed by atoms with Crippen molar-refractivity contribution in [2.75, 3.05) is 14.2 Å². The standard InChI is InChI=1S/C14H17NO2/c1-10(15-2)13-8-9-14(17-13)11-4-6-12(16-3)7-5-11/h4-10,15H,1-3H3. The molecule has 0 saturated heterocycles. The van der Waals surface area contributed by atoms with Gasteiger partial charge >= 0.3 is 0 Å². The summed E-state index contributed by atoms with van der Waals surface area (Å²) in [6.07, 6.45) is 0. The summed E-state index contributed by atoms with van der Waals surface area (Å²) < 4.78 is 10.9. The van der Waals surface area contributed by atoms with Crippen molar-refractivity contribution in [3.8, 4) is 17.1 Å². The number of methoxy groups -OCH3 is 1. The molecule has 1 N–H and O–H groups in total. The van der Waals surface area contributed by atoms with E-state index in [9.17, 15) is 0 Å². The highest BCUT2D eigenvalue weighted by Gasteiger charge is 2.09. The molecule has 17 heavy (non-hydrogen) atoms. The van der Waals surface area contributed by atoms with Crippen LogP contribution in [0, 0.1) is 0 Å². The van der Waals surface area contributed by atoms with Gasteiger partial charge in [-0.1, -0.05) is 0 Å². The monoisotopic (exact) mass is 231 g/mol. The van der Waals surface area contributed by atoms with Gasteiger partial charge in [0, 0.05) is 5.56 Å². The fraction of sp³-hybridized carbons (Fsp3) is 0.286. The third-order valence-electron chi connectivity index (χ3n) is 2.86. The van der Waals surface area contributed by atoms with Crippen molar-refractivity contribution < 1.29 is 9.15 Å². The Bertz CT molecular complexity index is 473. The Morgan fingerprint density at radius 2 is 1.82 bits per heavy atom. The second-order valence-corrected chi connectivity index (χ2v) is 3.94. The van der Waals surface area contributed by atoms with Crippen LogP contribution in [0.15, 0.2) is 40.8 Å². The molecule has 1 aromatic heterocycles. The van der Waals surface area contributed by atoms with Gasteiger partial charge in [-0.15, -0.1) is 0 Å². The Morgan fingerprint density at radius 3 is 2.41 bits per heavy atom. The maximum atomic E-state index is 5.79. The summed E-state index contributed by atoms with van der Waals surface area (Å²) in [5.41, 5.74) is 1.06. The number of nitrogens with one attached hydrogen (secondary N) is 1. The largest absolute Gasteiger partial charge is 0.497 e. The molecule has 1 atom stereocenters. The van der Waals surface area contributed by atoms with E-state index in [4.69, 9.17) is 9.15 Å². The first-order chi connectivity index (χ1) is 8.24. The minimum atomic E-state index is 0.224. The summed E-state index contributed by atoms with van der Waals surface area (Å²) in [4.78, 5) is 0. The van der Waals surface area contributed by atoms with Gasteiger partial charge in [-0.3, -0.25) is 0 Å². The fourth-order valence-electron chi connectivity index (χ4n) is 1.64. The van der Waals surface area contributed by atoms with Crippen LogP contribution in [0.2, 0.25) is 0 Å². The minimum absolute atomic E-state index is 0.224. The molecule has 0 aliphatic heterocycles. The molecule has 0 aliphatic rings. The Kier molecular flexibility index (Phi) is 3.49. The summed E-state index contributed by atoms with van der Waals surface area (Å²) >= 11 is 0. The fourth-order valence-corrected chi connectivity index (χ4v) is 1.64. The van der Waals surface area contributed by atoms with Crippen molar-refractivity contribution in [2.45, 2.75) is 13.0 Å². The summed E-state index contributed by atoms with van der Waals surface area (Å²) in [7, 11) is 3.58. The van der Waals surface area contributed by atoms with Gasteiger partial charge in [0.2, 0.25) is 0 Å². The lowest BCUT2D eigenvalue weighted by molar-refractivity contribution is 0.414. The zero-order valence-corrected chi connectivity index (χ0v) is 10.4. The first kappa shape index (κ1) is 11.7. The second kappa shape index (κ2) is 5.06. The molecule has 2 aromatic rings. The summed E-state index contributed by atoms with van der Waals surface area (Å²) in [6, 6.07) is 12.1. The van der Waals surface area contributed by atoms with Crippen LogP contribution in [0.4, 0.5) is 0 Å². The third-order valence-corrected chi connectivity index (χ3v) is 2.86. The highest BCUT2D eigenvalue weighted by atomic mass is 16.5. The highest BCUT2D eigenvalue weighted by Crippen LogP contribution is 2.26. The minimum Gasteiger partial charge on any atom is -0.497 e. The molecule has 0 spiro atoms. The molecule has 0 bridgehead atoms.